The summed E-state index contributed by atoms with van der Waals surface area (Å²) >= 11 is -0.363. The van der Waals surface area contributed by atoms with Gasteiger partial charge in [0.1, 0.15) is 0 Å². The summed E-state index contributed by atoms with van der Waals surface area (Å²) in [5.74, 6) is 0. The molecule has 0 aromatic heterocycles. The van der Waals surface area contributed by atoms with Crippen LogP contribution in [0.1, 0.15) is 0 Å². The molecule has 4 heteroatoms. The van der Waals surface area contributed by atoms with Crippen molar-refractivity contribution >= 4 is 45.8 Å². The fourth-order valence-electron chi connectivity index (χ4n) is 0. The van der Waals surface area contributed by atoms with E-state index in [4.69, 9.17) is 0 Å². The molecule has 0 rings (SSSR count). The van der Waals surface area contributed by atoms with Crippen LogP contribution in [0, 0.1) is 0 Å². The third-order valence-corrected chi connectivity index (χ3v) is 0. The Labute approximate surface area is 59.9 Å². The Morgan fingerprint density at radius 2 is 1.25 bits per heavy atom. The van der Waals surface area contributed by atoms with Crippen LogP contribution in [0.3, 0.4) is 0 Å². The van der Waals surface area contributed by atoms with Gasteiger partial charge in [0.25, 0.3) is 0 Å². The van der Waals surface area contributed by atoms with E-state index in [0.29, 0.717) is 0 Å². The zero-order valence-electron chi connectivity index (χ0n) is 1.67. The summed E-state index contributed by atoms with van der Waals surface area (Å²) in [7, 11) is 8.68. The topological polar surface area (TPSA) is 0 Å². The summed E-state index contributed by atoms with van der Waals surface area (Å²) in [6.07, 6.45) is 0. The average Bonchev–Trinajstić information content (AvgIpc) is 0.918. The van der Waals surface area contributed by atoms with Crippen molar-refractivity contribution in [1.82, 2.24) is 0 Å². The van der Waals surface area contributed by atoms with Crippen LogP contribution in [0.25, 0.3) is 0 Å². The monoisotopic (exact) mass is 371 g/mol. The first kappa shape index (κ1) is 9.38. The van der Waals surface area contributed by atoms with E-state index in [9.17, 15) is 0 Å². The standard InChI is InChI=1S/Bi.Mo.2S. The molecule has 0 bridgehead atoms. The molecule has 4 heavy (non-hydrogen) atoms. The molecule has 0 atom stereocenters. The van der Waals surface area contributed by atoms with Crippen molar-refractivity contribution < 1.29 is 14.9 Å². The molecule has 0 aliphatic heterocycles. The van der Waals surface area contributed by atoms with Crippen molar-refractivity contribution in [2.24, 2.45) is 0 Å². The van der Waals surface area contributed by atoms with Gasteiger partial charge in [0.2, 0.25) is 0 Å². The van der Waals surface area contributed by atoms with Crippen LogP contribution in [-0.4, -0.2) is 26.2 Å². The van der Waals surface area contributed by atoms with E-state index in [0.717, 1.165) is 0 Å². The Morgan fingerprint density at radius 1 is 1.25 bits per heavy atom. The molecule has 0 fully saturated rings. The van der Waals surface area contributed by atoms with Gasteiger partial charge >= 0.3 is 34.6 Å². The first-order valence-electron chi connectivity index (χ1n) is 0.333. The van der Waals surface area contributed by atoms with Gasteiger partial charge in [-0.1, -0.05) is 0 Å². The molecule has 0 spiro atoms. The maximum absolute atomic E-state index is 4.34. The third kappa shape index (κ3) is 8.99. The van der Waals surface area contributed by atoms with Gasteiger partial charge in [0.15, 0.2) is 0 Å². The normalized spacial score (nSPS) is 3.00. The predicted octanol–water partition coefficient (Wildman–Crippen LogP) is 0.913. The number of hydrogen-bond donors (Lipinski definition) is 0. The summed E-state index contributed by atoms with van der Waals surface area (Å²) in [4.78, 5) is 0. The fourth-order valence-corrected chi connectivity index (χ4v) is 0. The van der Waals surface area contributed by atoms with Crippen molar-refractivity contribution in [1.29, 1.82) is 0 Å². The average molecular weight is 369 g/mol. The molecule has 0 N–H and O–H groups in total. The van der Waals surface area contributed by atoms with Crippen molar-refractivity contribution in [3.05, 3.63) is 0 Å². The summed E-state index contributed by atoms with van der Waals surface area (Å²) in [6, 6.07) is 0. The van der Waals surface area contributed by atoms with Gasteiger partial charge in [-0.25, -0.2) is 0 Å². The molecule has 0 heterocycles. The Kier molecular flexibility index (Phi) is 20.9. The van der Waals surface area contributed by atoms with Gasteiger partial charge in [-0.05, 0) is 0 Å². The van der Waals surface area contributed by atoms with Crippen molar-refractivity contribution in [2.45, 2.75) is 0 Å². The van der Waals surface area contributed by atoms with Crippen LogP contribution in [0.2, 0.25) is 0 Å². The van der Waals surface area contributed by atoms with Crippen LogP contribution in [0.15, 0.2) is 0 Å². The quantitative estimate of drug-likeness (QED) is 0.583. The van der Waals surface area contributed by atoms with E-state index in [1.54, 1.807) is 0 Å². The second-order valence-corrected chi connectivity index (χ2v) is 3.62. The van der Waals surface area contributed by atoms with Gasteiger partial charge in [-0.15, -0.1) is 0 Å². The molecule has 23 valence electrons. The van der Waals surface area contributed by atoms with E-state index in [1.807, 2.05) is 0 Å². The maximum atomic E-state index is 4.34. The molecule has 0 aromatic carbocycles. The van der Waals surface area contributed by atoms with Gasteiger partial charge in [-0.3, -0.25) is 0 Å². The fraction of sp³-hybridized carbons (Fsp3) is 0. The van der Waals surface area contributed by atoms with Crippen LogP contribution < -0.4 is 0 Å². The van der Waals surface area contributed by atoms with E-state index >= 15 is 0 Å². The van der Waals surface area contributed by atoms with E-state index < -0.39 is 0 Å². The SMILES string of the molecule is [Bi].[S]=[Mo]=[S]. The van der Waals surface area contributed by atoms with Crippen LogP contribution in [0.5, 0.6) is 0 Å². The number of rotatable bonds is 0. The first-order chi connectivity index (χ1) is 1.41. The molecule has 0 aromatic rings. The molecule has 0 saturated carbocycles. The van der Waals surface area contributed by atoms with Gasteiger partial charge in [0.05, 0.1) is 0 Å². The molecular weight excluding hydrogens is 369 g/mol. The Balaban J connectivity index is 0. The molecule has 0 nitrogen and oxygen atoms in total. The Morgan fingerprint density at radius 3 is 1.25 bits per heavy atom. The summed E-state index contributed by atoms with van der Waals surface area (Å²) in [5.41, 5.74) is 0. The van der Waals surface area contributed by atoms with Crippen LogP contribution in [0.4, 0.5) is 0 Å². The minimum absolute atomic E-state index is 0. The molecule has 0 saturated heterocycles. The molecule has 0 amide bonds. The van der Waals surface area contributed by atoms with E-state index in [-0.39, 0.29) is 41.1 Å². The summed E-state index contributed by atoms with van der Waals surface area (Å²) in [6.45, 7) is 0. The summed E-state index contributed by atoms with van der Waals surface area (Å²) < 4.78 is 0. The molecule has 3 radical (unpaired) electrons. The zero-order chi connectivity index (χ0) is 2.71. The third-order valence-electron chi connectivity index (χ3n) is 0. The van der Waals surface area contributed by atoms with Gasteiger partial charge < -0.3 is 0 Å². The van der Waals surface area contributed by atoms with E-state index in [2.05, 4.69) is 19.6 Å². The van der Waals surface area contributed by atoms with Crippen LogP contribution >= 0.6 is 19.6 Å². The zero-order valence-corrected chi connectivity index (χ0v) is 8.79. The Hall–Kier alpha value is 2.01. The molecular formula is BiMoS2. The number of hydrogen-bond acceptors (Lipinski definition) is 2. The van der Waals surface area contributed by atoms with Crippen molar-refractivity contribution in [3.8, 4) is 0 Å². The predicted molar refractivity (Wildman–Crippen MR) is 20.9 cm³/mol. The molecule has 0 aliphatic carbocycles. The van der Waals surface area contributed by atoms with Crippen LogP contribution in [-0.2, 0) is 14.9 Å². The molecule has 0 unspecified atom stereocenters. The Bertz CT molecular complexity index is 27.0. The van der Waals surface area contributed by atoms with Gasteiger partial charge in [-0.2, -0.15) is 0 Å². The van der Waals surface area contributed by atoms with E-state index in [1.165, 1.54) is 0 Å². The van der Waals surface area contributed by atoms with Crippen molar-refractivity contribution in [2.75, 3.05) is 0 Å². The minimum atomic E-state index is -0.363. The second kappa shape index (κ2) is 8.89. The summed E-state index contributed by atoms with van der Waals surface area (Å²) in [5, 5.41) is 0. The van der Waals surface area contributed by atoms with Crippen molar-refractivity contribution in [3.63, 3.8) is 0 Å². The van der Waals surface area contributed by atoms with Gasteiger partial charge in [0, 0.05) is 26.2 Å². The molecule has 0 aliphatic rings. The second-order valence-electron chi connectivity index (χ2n) is 0.0680. The first-order valence-corrected chi connectivity index (χ1v) is 5.92.